The topological polar surface area (TPSA) is 43.1 Å². The first-order valence-corrected chi connectivity index (χ1v) is 6.64. The minimum absolute atomic E-state index is 0.0124. The minimum atomic E-state index is 0.0124. The van der Waals surface area contributed by atoms with Gasteiger partial charge in [0.1, 0.15) is 0 Å². The lowest BCUT2D eigenvalue weighted by Crippen LogP contribution is -2.07. The SMILES string of the molecule is CCc1ccc(CC(=O)c2ccc(Cl)cc2N)cc1. The maximum absolute atomic E-state index is 12.2. The van der Waals surface area contributed by atoms with E-state index in [1.54, 1.807) is 18.2 Å². The lowest BCUT2D eigenvalue weighted by molar-refractivity contribution is 0.0994. The molecule has 0 aliphatic rings. The molecule has 0 bridgehead atoms. The Hall–Kier alpha value is -1.80. The van der Waals surface area contributed by atoms with Crippen LogP contribution in [0.5, 0.6) is 0 Å². The molecule has 2 nitrogen and oxygen atoms in total. The Kier molecular flexibility index (Phi) is 4.23. The number of carbonyl (C=O) groups is 1. The van der Waals surface area contributed by atoms with Gasteiger partial charge in [-0.05, 0) is 35.7 Å². The molecular weight excluding hydrogens is 258 g/mol. The average Bonchev–Trinajstić information content (AvgIpc) is 2.39. The second kappa shape index (κ2) is 5.89. The van der Waals surface area contributed by atoms with Crippen LogP contribution < -0.4 is 5.73 Å². The van der Waals surface area contributed by atoms with Crippen LogP contribution in [0.15, 0.2) is 42.5 Å². The largest absolute Gasteiger partial charge is 0.398 e. The molecule has 2 aromatic carbocycles. The summed E-state index contributed by atoms with van der Waals surface area (Å²) in [5.41, 5.74) is 9.04. The van der Waals surface area contributed by atoms with Crippen molar-refractivity contribution in [2.75, 3.05) is 5.73 Å². The van der Waals surface area contributed by atoms with Crippen molar-refractivity contribution in [3.8, 4) is 0 Å². The van der Waals surface area contributed by atoms with E-state index >= 15 is 0 Å². The number of aryl methyl sites for hydroxylation is 1. The van der Waals surface area contributed by atoms with Crippen molar-refractivity contribution in [2.24, 2.45) is 0 Å². The molecule has 19 heavy (non-hydrogen) atoms. The number of anilines is 1. The van der Waals surface area contributed by atoms with Crippen LogP contribution in [0.2, 0.25) is 5.02 Å². The molecule has 0 radical (unpaired) electrons. The van der Waals surface area contributed by atoms with Gasteiger partial charge < -0.3 is 5.73 Å². The highest BCUT2D eigenvalue weighted by atomic mass is 35.5. The smallest absolute Gasteiger partial charge is 0.169 e. The van der Waals surface area contributed by atoms with Gasteiger partial charge in [0.25, 0.3) is 0 Å². The van der Waals surface area contributed by atoms with E-state index in [9.17, 15) is 4.79 Å². The summed E-state index contributed by atoms with van der Waals surface area (Å²) in [5, 5.41) is 0.543. The maximum Gasteiger partial charge on any atom is 0.169 e. The molecule has 0 aliphatic heterocycles. The molecule has 0 spiro atoms. The van der Waals surface area contributed by atoms with Crippen molar-refractivity contribution in [3.63, 3.8) is 0 Å². The van der Waals surface area contributed by atoms with Crippen LogP contribution >= 0.6 is 11.6 Å². The van der Waals surface area contributed by atoms with E-state index in [0.717, 1.165) is 12.0 Å². The Morgan fingerprint density at radius 2 is 1.74 bits per heavy atom. The van der Waals surface area contributed by atoms with E-state index < -0.39 is 0 Å². The van der Waals surface area contributed by atoms with Crippen molar-refractivity contribution in [1.82, 2.24) is 0 Å². The number of Topliss-reactive ketones (excluding diaryl/α,β-unsaturated/α-hetero) is 1. The van der Waals surface area contributed by atoms with Crippen molar-refractivity contribution in [3.05, 3.63) is 64.2 Å². The van der Waals surface area contributed by atoms with Crippen LogP contribution in [0.1, 0.15) is 28.4 Å². The number of halogens is 1. The standard InChI is InChI=1S/C16H16ClNO/c1-2-11-3-5-12(6-4-11)9-16(19)14-8-7-13(17)10-15(14)18/h3-8,10H,2,9,18H2,1H3. The van der Waals surface area contributed by atoms with E-state index in [2.05, 4.69) is 6.92 Å². The number of ketones is 1. The lowest BCUT2D eigenvalue weighted by atomic mass is 10.0. The Morgan fingerprint density at radius 3 is 2.32 bits per heavy atom. The first-order valence-electron chi connectivity index (χ1n) is 6.26. The van der Waals surface area contributed by atoms with E-state index in [-0.39, 0.29) is 5.78 Å². The van der Waals surface area contributed by atoms with Gasteiger partial charge in [-0.2, -0.15) is 0 Å². The van der Waals surface area contributed by atoms with Gasteiger partial charge in [-0.15, -0.1) is 0 Å². The molecule has 0 heterocycles. The van der Waals surface area contributed by atoms with Gasteiger partial charge in [-0.1, -0.05) is 42.8 Å². The number of nitrogens with two attached hydrogens (primary N) is 1. The van der Waals surface area contributed by atoms with Crippen LogP contribution in [0.25, 0.3) is 0 Å². The highest BCUT2D eigenvalue weighted by Gasteiger charge is 2.10. The molecule has 0 fully saturated rings. The number of hydrogen-bond donors (Lipinski definition) is 1. The predicted octanol–water partition coefficient (Wildman–Crippen LogP) is 3.91. The van der Waals surface area contributed by atoms with Gasteiger partial charge >= 0.3 is 0 Å². The number of rotatable bonds is 4. The summed E-state index contributed by atoms with van der Waals surface area (Å²) in [5.74, 6) is 0.0124. The van der Waals surface area contributed by atoms with Crippen LogP contribution in [-0.2, 0) is 12.8 Å². The lowest BCUT2D eigenvalue weighted by Gasteiger charge is -2.06. The second-order valence-corrected chi connectivity index (χ2v) is 4.94. The Labute approximate surface area is 118 Å². The van der Waals surface area contributed by atoms with E-state index in [0.29, 0.717) is 22.7 Å². The summed E-state index contributed by atoms with van der Waals surface area (Å²) in [6.45, 7) is 2.11. The van der Waals surface area contributed by atoms with Crippen molar-refractivity contribution in [1.29, 1.82) is 0 Å². The van der Waals surface area contributed by atoms with Crippen LogP contribution in [0.4, 0.5) is 5.69 Å². The Morgan fingerprint density at radius 1 is 1.11 bits per heavy atom. The van der Waals surface area contributed by atoms with Crippen molar-refractivity contribution >= 4 is 23.1 Å². The molecule has 3 heteroatoms. The monoisotopic (exact) mass is 273 g/mol. The number of hydrogen-bond acceptors (Lipinski definition) is 2. The molecule has 2 rings (SSSR count). The van der Waals surface area contributed by atoms with Gasteiger partial charge in [0.05, 0.1) is 0 Å². The molecule has 0 saturated carbocycles. The number of carbonyl (C=O) groups excluding carboxylic acids is 1. The fourth-order valence-corrected chi connectivity index (χ4v) is 2.14. The van der Waals surface area contributed by atoms with E-state index in [4.69, 9.17) is 17.3 Å². The minimum Gasteiger partial charge on any atom is -0.398 e. The predicted molar refractivity (Wildman–Crippen MR) is 79.7 cm³/mol. The Bertz CT molecular complexity index is 590. The maximum atomic E-state index is 12.2. The summed E-state index contributed by atoms with van der Waals surface area (Å²) in [4.78, 5) is 12.2. The summed E-state index contributed by atoms with van der Waals surface area (Å²) in [7, 11) is 0. The quantitative estimate of drug-likeness (QED) is 0.678. The van der Waals surface area contributed by atoms with Crippen molar-refractivity contribution in [2.45, 2.75) is 19.8 Å². The number of nitrogen functional groups attached to an aromatic ring is 1. The third kappa shape index (κ3) is 3.36. The van der Waals surface area contributed by atoms with Crippen LogP contribution in [0.3, 0.4) is 0 Å². The zero-order valence-corrected chi connectivity index (χ0v) is 11.6. The normalized spacial score (nSPS) is 10.4. The van der Waals surface area contributed by atoms with Crippen LogP contribution in [0, 0.1) is 0 Å². The first-order chi connectivity index (χ1) is 9.10. The number of benzene rings is 2. The summed E-state index contributed by atoms with van der Waals surface area (Å²) in [6, 6.07) is 13.0. The van der Waals surface area contributed by atoms with E-state index in [1.165, 1.54) is 5.56 Å². The molecular formula is C16H16ClNO. The summed E-state index contributed by atoms with van der Waals surface area (Å²) in [6.07, 6.45) is 1.36. The molecule has 0 aromatic heterocycles. The fraction of sp³-hybridized carbons (Fsp3) is 0.188. The van der Waals surface area contributed by atoms with Gasteiger partial charge in [-0.3, -0.25) is 4.79 Å². The van der Waals surface area contributed by atoms with E-state index in [1.807, 2.05) is 24.3 Å². The molecule has 2 aromatic rings. The highest BCUT2D eigenvalue weighted by molar-refractivity contribution is 6.31. The zero-order valence-electron chi connectivity index (χ0n) is 10.8. The molecule has 0 unspecified atom stereocenters. The zero-order chi connectivity index (χ0) is 13.8. The Balaban J connectivity index is 2.15. The third-order valence-electron chi connectivity index (χ3n) is 3.11. The van der Waals surface area contributed by atoms with Gasteiger partial charge in [0.2, 0.25) is 0 Å². The second-order valence-electron chi connectivity index (χ2n) is 4.50. The molecule has 0 saturated heterocycles. The molecule has 0 atom stereocenters. The highest BCUT2D eigenvalue weighted by Crippen LogP contribution is 2.20. The van der Waals surface area contributed by atoms with Gasteiger partial charge in [-0.25, -0.2) is 0 Å². The fourth-order valence-electron chi connectivity index (χ4n) is 1.96. The van der Waals surface area contributed by atoms with Gasteiger partial charge in [0.15, 0.2) is 5.78 Å². The molecule has 98 valence electrons. The summed E-state index contributed by atoms with van der Waals surface area (Å²) < 4.78 is 0. The summed E-state index contributed by atoms with van der Waals surface area (Å²) >= 11 is 5.82. The third-order valence-corrected chi connectivity index (χ3v) is 3.35. The van der Waals surface area contributed by atoms with Crippen LogP contribution in [-0.4, -0.2) is 5.78 Å². The van der Waals surface area contributed by atoms with Crippen molar-refractivity contribution < 1.29 is 4.79 Å². The van der Waals surface area contributed by atoms with Gasteiger partial charge in [0, 0.05) is 22.7 Å². The first kappa shape index (κ1) is 13.6. The molecule has 2 N–H and O–H groups in total. The molecule has 0 aliphatic carbocycles. The molecule has 0 amide bonds. The average molecular weight is 274 g/mol.